The fraction of sp³-hybridized carbons (Fsp3) is 0.533. The first-order valence-corrected chi connectivity index (χ1v) is 6.75. The highest BCUT2D eigenvalue weighted by Crippen LogP contribution is 2.08. The average molecular weight is 280 g/mol. The Morgan fingerprint density at radius 1 is 1.15 bits per heavy atom. The molecule has 0 aromatic heterocycles. The first kappa shape index (κ1) is 16.6. The smallest absolute Gasteiger partial charge is 0.306 e. The lowest BCUT2D eigenvalue weighted by Gasteiger charge is -2.21. The highest BCUT2D eigenvalue weighted by Gasteiger charge is 2.09. The largest absolute Gasteiger partial charge is 0.469 e. The van der Waals surface area contributed by atoms with Crippen molar-refractivity contribution in [2.75, 3.05) is 33.9 Å². The minimum absolute atomic E-state index is 0.189. The number of rotatable bonds is 9. The van der Waals surface area contributed by atoms with Crippen LogP contribution < -0.4 is 5.73 Å². The summed E-state index contributed by atoms with van der Waals surface area (Å²) < 4.78 is 9.78. The number of carbonyl (C=O) groups is 1. The Balaban J connectivity index is 2.55. The molecule has 0 saturated heterocycles. The zero-order chi connectivity index (χ0) is 14.8. The van der Waals surface area contributed by atoms with Gasteiger partial charge >= 0.3 is 5.97 Å². The lowest BCUT2D eigenvalue weighted by atomic mass is 10.1. The number of hydrogen-bond donors (Lipinski definition) is 1. The molecule has 5 nitrogen and oxygen atoms in total. The maximum atomic E-state index is 11.2. The van der Waals surface area contributed by atoms with E-state index in [9.17, 15) is 4.79 Å². The van der Waals surface area contributed by atoms with E-state index in [-0.39, 0.29) is 5.97 Å². The van der Waals surface area contributed by atoms with Crippen LogP contribution in [0.2, 0.25) is 0 Å². The lowest BCUT2D eigenvalue weighted by Crippen LogP contribution is -2.29. The molecule has 0 radical (unpaired) electrons. The highest BCUT2D eigenvalue weighted by atomic mass is 16.5. The standard InChI is InChI=1S/C15H24N2O3/c1-19-10-9-17(8-7-15(18)20-2)12-14-5-3-13(11-16)4-6-14/h3-6H,7-12,16H2,1-2H3. The third kappa shape index (κ3) is 6.14. The molecule has 0 spiro atoms. The second-order valence-corrected chi connectivity index (χ2v) is 4.62. The van der Waals surface area contributed by atoms with Crippen LogP contribution in [0.4, 0.5) is 0 Å². The van der Waals surface area contributed by atoms with Crippen molar-refractivity contribution < 1.29 is 14.3 Å². The molecule has 0 bridgehead atoms. The number of nitrogens with zero attached hydrogens (tertiary/aromatic N) is 1. The number of carbonyl (C=O) groups excluding carboxylic acids is 1. The van der Waals surface area contributed by atoms with Gasteiger partial charge < -0.3 is 15.2 Å². The minimum Gasteiger partial charge on any atom is -0.469 e. The quantitative estimate of drug-likeness (QED) is 0.688. The van der Waals surface area contributed by atoms with Crippen LogP contribution in [0.15, 0.2) is 24.3 Å². The number of methoxy groups -OCH3 is 2. The van der Waals surface area contributed by atoms with Gasteiger partial charge in [0.05, 0.1) is 20.1 Å². The zero-order valence-corrected chi connectivity index (χ0v) is 12.3. The summed E-state index contributed by atoms with van der Waals surface area (Å²) in [5.74, 6) is -0.189. The number of esters is 1. The number of benzene rings is 1. The second-order valence-electron chi connectivity index (χ2n) is 4.62. The first-order chi connectivity index (χ1) is 9.69. The van der Waals surface area contributed by atoms with Gasteiger partial charge in [-0.3, -0.25) is 9.69 Å². The van der Waals surface area contributed by atoms with Crippen molar-refractivity contribution in [1.82, 2.24) is 4.90 Å². The molecule has 0 aliphatic carbocycles. The molecule has 112 valence electrons. The van der Waals surface area contributed by atoms with E-state index in [0.717, 1.165) is 18.7 Å². The molecule has 0 fully saturated rings. The van der Waals surface area contributed by atoms with E-state index in [0.29, 0.717) is 26.1 Å². The van der Waals surface area contributed by atoms with Crippen molar-refractivity contribution in [1.29, 1.82) is 0 Å². The monoisotopic (exact) mass is 280 g/mol. The van der Waals surface area contributed by atoms with Crippen molar-refractivity contribution >= 4 is 5.97 Å². The van der Waals surface area contributed by atoms with Gasteiger partial charge in [0.25, 0.3) is 0 Å². The van der Waals surface area contributed by atoms with Crippen LogP contribution in [0.5, 0.6) is 0 Å². The third-order valence-electron chi connectivity index (χ3n) is 3.14. The molecule has 0 saturated carbocycles. The molecular formula is C15H24N2O3. The van der Waals surface area contributed by atoms with Gasteiger partial charge in [-0.2, -0.15) is 0 Å². The Hall–Kier alpha value is -1.43. The molecule has 2 N–H and O–H groups in total. The number of hydrogen-bond acceptors (Lipinski definition) is 5. The Bertz CT molecular complexity index is 393. The van der Waals surface area contributed by atoms with E-state index < -0.39 is 0 Å². The van der Waals surface area contributed by atoms with E-state index in [2.05, 4.69) is 21.8 Å². The Kier molecular flexibility index (Phi) is 7.87. The number of nitrogens with two attached hydrogens (primary N) is 1. The predicted octanol–water partition coefficient (Wildman–Crippen LogP) is 1.16. The summed E-state index contributed by atoms with van der Waals surface area (Å²) in [5.41, 5.74) is 7.90. The van der Waals surface area contributed by atoms with Gasteiger partial charge in [-0.25, -0.2) is 0 Å². The van der Waals surface area contributed by atoms with Crippen LogP contribution in [0.3, 0.4) is 0 Å². The molecule has 0 aliphatic rings. The van der Waals surface area contributed by atoms with Crippen LogP contribution in [-0.4, -0.2) is 44.8 Å². The minimum atomic E-state index is -0.189. The maximum absolute atomic E-state index is 11.2. The molecule has 0 atom stereocenters. The summed E-state index contributed by atoms with van der Waals surface area (Å²) in [6.07, 6.45) is 0.390. The highest BCUT2D eigenvalue weighted by molar-refractivity contribution is 5.69. The van der Waals surface area contributed by atoms with Crippen LogP contribution in [0.1, 0.15) is 17.5 Å². The van der Waals surface area contributed by atoms with Crippen molar-refractivity contribution in [3.63, 3.8) is 0 Å². The maximum Gasteiger partial charge on any atom is 0.306 e. The fourth-order valence-electron chi connectivity index (χ4n) is 1.88. The van der Waals surface area contributed by atoms with E-state index in [1.165, 1.54) is 12.7 Å². The van der Waals surface area contributed by atoms with E-state index in [1.54, 1.807) is 7.11 Å². The molecule has 0 amide bonds. The SMILES string of the molecule is COCCN(CCC(=O)OC)Cc1ccc(CN)cc1. The molecule has 0 unspecified atom stereocenters. The summed E-state index contributed by atoms with van der Waals surface area (Å²) >= 11 is 0. The Labute approximate surface area is 120 Å². The van der Waals surface area contributed by atoms with Gasteiger partial charge in [-0.1, -0.05) is 24.3 Å². The molecule has 1 rings (SSSR count). The van der Waals surface area contributed by atoms with Crippen molar-refractivity contribution in [3.8, 4) is 0 Å². The summed E-state index contributed by atoms with van der Waals surface area (Å²) in [5, 5.41) is 0. The molecule has 5 heteroatoms. The molecule has 20 heavy (non-hydrogen) atoms. The molecule has 0 aliphatic heterocycles. The van der Waals surface area contributed by atoms with Crippen LogP contribution in [0.25, 0.3) is 0 Å². The van der Waals surface area contributed by atoms with Gasteiger partial charge in [0, 0.05) is 33.3 Å². The topological polar surface area (TPSA) is 64.8 Å². The van der Waals surface area contributed by atoms with Crippen molar-refractivity contribution in [2.45, 2.75) is 19.5 Å². The summed E-state index contributed by atoms with van der Waals surface area (Å²) in [7, 11) is 3.09. The van der Waals surface area contributed by atoms with Gasteiger partial charge in [-0.15, -0.1) is 0 Å². The fourth-order valence-corrected chi connectivity index (χ4v) is 1.88. The summed E-state index contributed by atoms with van der Waals surface area (Å²) in [6.45, 7) is 3.42. The van der Waals surface area contributed by atoms with E-state index >= 15 is 0 Å². The lowest BCUT2D eigenvalue weighted by molar-refractivity contribution is -0.141. The van der Waals surface area contributed by atoms with Gasteiger partial charge in [-0.05, 0) is 11.1 Å². The predicted molar refractivity (Wildman–Crippen MR) is 78.1 cm³/mol. The number of ether oxygens (including phenoxy) is 2. The van der Waals surface area contributed by atoms with E-state index in [1.807, 2.05) is 12.1 Å². The molecular weight excluding hydrogens is 256 g/mol. The zero-order valence-electron chi connectivity index (χ0n) is 12.3. The Morgan fingerprint density at radius 2 is 1.80 bits per heavy atom. The van der Waals surface area contributed by atoms with Gasteiger partial charge in [0.15, 0.2) is 0 Å². The Morgan fingerprint density at radius 3 is 2.35 bits per heavy atom. The second kappa shape index (κ2) is 9.47. The molecule has 1 aromatic rings. The average Bonchev–Trinajstić information content (AvgIpc) is 2.50. The third-order valence-corrected chi connectivity index (χ3v) is 3.14. The van der Waals surface area contributed by atoms with E-state index in [4.69, 9.17) is 10.5 Å². The molecule has 0 heterocycles. The van der Waals surface area contributed by atoms with Crippen molar-refractivity contribution in [3.05, 3.63) is 35.4 Å². The molecule has 1 aromatic carbocycles. The first-order valence-electron chi connectivity index (χ1n) is 6.75. The van der Waals surface area contributed by atoms with Gasteiger partial charge in [0.1, 0.15) is 0 Å². The van der Waals surface area contributed by atoms with Gasteiger partial charge in [0.2, 0.25) is 0 Å². The van der Waals surface area contributed by atoms with Crippen LogP contribution >= 0.6 is 0 Å². The normalized spacial score (nSPS) is 10.8. The van der Waals surface area contributed by atoms with Crippen LogP contribution in [0, 0.1) is 0 Å². The van der Waals surface area contributed by atoms with Crippen molar-refractivity contribution in [2.24, 2.45) is 5.73 Å². The van der Waals surface area contributed by atoms with Crippen LogP contribution in [-0.2, 0) is 27.4 Å². The summed E-state index contributed by atoms with van der Waals surface area (Å²) in [6, 6.07) is 8.20. The summed E-state index contributed by atoms with van der Waals surface area (Å²) in [4.78, 5) is 13.4.